The number of benzene rings is 2. The molecule has 1 atom stereocenters. The van der Waals surface area contributed by atoms with Crippen molar-refractivity contribution in [2.75, 3.05) is 0 Å². The van der Waals surface area contributed by atoms with Crippen LogP contribution in [-0.4, -0.2) is 16.8 Å². The van der Waals surface area contributed by atoms with Gasteiger partial charge in [-0.15, -0.1) is 0 Å². The first-order chi connectivity index (χ1) is 9.47. The summed E-state index contributed by atoms with van der Waals surface area (Å²) in [5, 5.41) is 0. The first-order valence-corrected chi connectivity index (χ1v) is 6.20. The van der Waals surface area contributed by atoms with E-state index < -0.39 is 18.5 Å². The summed E-state index contributed by atoms with van der Waals surface area (Å²) in [5.74, 6) is -1.34. The highest BCUT2D eigenvalue weighted by Crippen LogP contribution is 2.33. The van der Waals surface area contributed by atoms with Crippen molar-refractivity contribution in [3.63, 3.8) is 0 Å². The fraction of sp³-hybridized carbons (Fsp3) is 0.188. The van der Waals surface area contributed by atoms with Crippen molar-refractivity contribution < 1.29 is 18.0 Å². The SMILES string of the molecule is [OH+]=C(c1ccccc1)C(CC(F)(F)F)c1ccccc1. The third kappa shape index (κ3) is 3.70. The summed E-state index contributed by atoms with van der Waals surface area (Å²) in [6, 6.07) is 16.6. The zero-order valence-electron chi connectivity index (χ0n) is 10.6. The Kier molecular flexibility index (Phi) is 4.23. The van der Waals surface area contributed by atoms with Crippen LogP contribution in [0.3, 0.4) is 0 Å². The van der Waals surface area contributed by atoms with Crippen LogP contribution in [0.15, 0.2) is 60.7 Å². The van der Waals surface area contributed by atoms with Gasteiger partial charge >= 0.3 is 12.0 Å². The molecular weight excluding hydrogens is 265 g/mol. The van der Waals surface area contributed by atoms with Crippen molar-refractivity contribution in [1.82, 2.24) is 0 Å². The predicted molar refractivity (Wildman–Crippen MR) is 72.3 cm³/mol. The number of ketones is 1. The van der Waals surface area contributed by atoms with Gasteiger partial charge in [-0.2, -0.15) is 13.2 Å². The molecule has 0 aliphatic carbocycles. The second-order valence-electron chi connectivity index (χ2n) is 4.53. The standard InChI is InChI=1S/C16H13F3O/c17-16(18,19)11-14(12-7-3-1-4-8-12)15(20)13-9-5-2-6-10-13/h1-10,14H,11H2/p+1. The molecule has 2 rings (SSSR count). The molecule has 0 bridgehead atoms. The van der Waals surface area contributed by atoms with Gasteiger partial charge in [0.05, 0.1) is 12.0 Å². The van der Waals surface area contributed by atoms with Gasteiger partial charge in [0.2, 0.25) is 0 Å². The molecule has 0 aliphatic rings. The molecule has 0 saturated carbocycles. The fourth-order valence-corrected chi connectivity index (χ4v) is 2.10. The summed E-state index contributed by atoms with van der Waals surface area (Å²) < 4.78 is 38.2. The van der Waals surface area contributed by atoms with Gasteiger partial charge in [-0.25, -0.2) is 0 Å². The van der Waals surface area contributed by atoms with Gasteiger partial charge in [-0.05, 0) is 17.7 Å². The maximum atomic E-state index is 12.7. The second kappa shape index (κ2) is 5.90. The summed E-state index contributed by atoms with van der Waals surface area (Å²) in [6.07, 6.45) is -5.43. The molecular formula is C16H14F3O+. The van der Waals surface area contributed by atoms with Crippen molar-refractivity contribution in [2.45, 2.75) is 18.5 Å². The normalized spacial score (nSPS) is 12.9. The van der Waals surface area contributed by atoms with E-state index in [1.54, 1.807) is 60.7 Å². The van der Waals surface area contributed by atoms with E-state index >= 15 is 0 Å². The Morgan fingerprint density at radius 2 is 1.40 bits per heavy atom. The summed E-state index contributed by atoms with van der Waals surface area (Å²) in [5.41, 5.74) is 0.858. The van der Waals surface area contributed by atoms with Crippen molar-refractivity contribution in [1.29, 1.82) is 0 Å². The monoisotopic (exact) mass is 279 g/mol. The molecule has 2 aromatic carbocycles. The Hall–Kier alpha value is -2.10. The molecule has 1 N–H and O–H groups in total. The lowest BCUT2D eigenvalue weighted by atomic mass is 9.88. The number of hydrogen-bond donors (Lipinski definition) is 0. The zero-order chi connectivity index (χ0) is 14.6. The van der Waals surface area contributed by atoms with E-state index in [4.69, 9.17) is 0 Å². The summed E-state index contributed by atoms with van der Waals surface area (Å²) in [4.78, 5) is 10.2. The molecule has 20 heavy (non-hydrogen) atoms. The minimum Gasteiger partial charge on any atom is -0.277 e. The van der Waals surface area contributed by atoms with Crippen LogP contribution >= 0.6 is 0 Å². The molecule has 0 fully saturated rings. The Morgan fingerprint density at radius 1 is 0.900 bits per heavy atom. The Labute approximate surface area is 115 Å². The molecule has 2 aromatic rings. The summed E-state index contributed by atoms with van der Waals surface area (Å²) in [6.45, 7) is 0. The minimum atomic E-state index is -4.34. The van der Waals surface area contributed by atoms with Crippen LogP contribution in [0.5, 0.6) is 0 Å². The van der Waals surface area contributed by atoms with Gasteiger partial charge in [0.15, 0.2) is 0 Å². The van der Waals surface area contributed by atoms with Crippen LogP contribution in [0.25, 0.3) is 0 Å². The number of carbonyl (C=O) groups excluding carboxylic acids is 1. The summed E-state index contributed by atoms with van der Waals surface area (Å²) >= 11 is 0. The number of rotatable bonds is 4. The van der Waals surface area contributed by atoms with E-state index in [2.05, 4.69) is 0 Å². The van der Waals surface area contributed by atoms with E-state index in [1.807, 2.05) is 0 Å². The van der Waals surface area contributed by atoms with Crippen LogP contribution in [0, 0.1) is 0 Å². The van der Waals surface area contributed by atoms with E-state index in [-0.39, 0.29) is 5.78 Å². The third-order valence-electron chi connectivity index (χ3n) is 3.04. The maximum absolute atomic E-state index is 12.7. The average Bonchev–Trinajstić information content (AvgIpc) is 2.45. The van der Waals surface area contributed by atoms with Crippen LogP contribution in [-0.2, 0) is 0 Å². The lowest BCUT2D eigenvalue weighted by Gasteiger charge is -2.14. The molecule has 104 valence electrons. The van der Waals surface area contributed by atoms with Gasteiger partial charge in [-0.3, -0.25) is 4.79 Å². The van der Waals surface area contributed by atoms with Gasteiger partial charge in [-0.1, -0.05) is 48.5 Å². The molecule has 0 aliphatic heterocycles. The van der Waals surface area contributed by atoms with Gasteiger partial charge in [0.25, 0.3) is 0 Å². The topological polar surface area (TPSA) is 21.4 Å². The Bertz CT molecular complexity index is 561. The highest BCUT2D eigenvalue weighted by molar-refractivity contribution is 6.01. The van der Waals surface area contributed by atoms with Crippen LogP contribution in [0.1, 0.15) is 23.5 Å². The smallest absolute Gasteiger partial charge is 0.277 e. The molecule has 0 aromatic heterocycles. The van der Waals surface area contributed by atoms with Gasteiger partial charge in [0.1, 0.15) is 5.92 Å². The highest BCUT2D eigenvalue weighted by atomic mass is 19.4. The summed E-state index contributed by atoms with van der Waals surface area (Å²) in [7, 11) is 0. The predicted octanol–water partition coefficient (Wildman–Crippen LogP) is 4.32. The molecule has 0 amide bonds. The van der Waals surface area contributed by atoms with Crippen molar-refractivity contribution >= 4 is 5.78 Å². The van der Waals surface area contributed by atoms with Crippen LogP contribution in [0.4, 0.5) is 13.2 Å². The lowest BCUT2D eigenvalue weighted by molar-refractivity contribution is -0.135. The van der Waals surface area contributed by atoms with Crippen LogP contribution < -0.4 is 0 Å². The van der Waals surface area contributed by atoms with Crippen molar-refractivity contribution in [2.24, 2.45) is 0 Å². The van der Waals surface area contributed by atoms with Gasteiger partial charge in [0, 0.05) is 0 Å². The highest BCUT2D eigenvalue weighted by Gasteiger charge is 2.39. The fourth-order valence-electron chi connectivity index (χ4n) is 2.10. The Morgan fingerprint density at radius 3 is 1.90 bits per heavy atom. The molecule has 1 nitrogen and oxygen atoms in total. The van der Waals surface area contributed by atoms with E-state index in [0.717, 1.165) is 0 Å². The lowest BCUT2D eigenvalue weighted by Crippen LogP contribution is -2.22. The second-order valence-corrected chi connectivity index (χ2v) is 4.53. The largest absolute Gasteiger partial charge is 0.390 e. The van der Waals surface area contributed by atoms with E-state index in [0.29, 0.717) is 11.1 Å². The number of halogens is 3. The third-order valence-corrected chi connectivity index (χ3v) is 3.04. The first-order valence-electron chi connectivity index (χ1n) is 6.20. The molecule has 4 heteroatoms. The maximum Gasteiger partial charge on any atom is 0.390 e. The van der Waals surface area contributed by atoms with E-state index in [9.17, 15) is 18.0 Å². The zero-order valence-corrected chi connectivity index (χ0v) is 10.6. The first kappa shape index (κ1) is 14.3. The van der Waals surface area contributed by atoms with Crippen molar-refractivity contribution in [3.8, 4) is 0 Å². The molecule has 0 radical (unpaired) electrons. The molecule has 1 unspecified atom stereocenters. The van der Waals surface area contributed by atoms with Crippen LogP contribution in [0.2, 0.25) is 0 Å². The van der Waals surface area contributed by atoms with Gasteiger partial charge < -0.3 is 0 Å². The average molecular weight is 279 g/mol. The number of alkyl halides is 3. The van der Waals surface area contributed by atoms with E-state index in [1.165, 1.54) is 0 Å². The quantitative estimate of drug-likeness (QED) is 0.587. The molecule has 0 saturated heterocycles. The van der Waals surface area contributed by atoms with Crippen molar-refractivity contribution in [3.05, 3.63) is 71.8 Å². The molecule has 0 heterocycles. The number of hydrogen-bond acceptors (Lipinski definition) is 0. The minimum absolute atomic E-state index is 0.255. The Balaban J connectivity index is 2.35. The molecule has 0 spiro atoms.